The third kappa shape index (κ3) is 2.33. The van der Waals surface area contributed by atoms with Crippen molar-refractivity contribution in [1.82, 2.24) is 14.9 Å². The molecule has 0 N–H and O–H groups in total. The first-order valence-corrected chi connectivity index (χ1v) is 7.18. The monoisotopic (exact) mass is 279 g/mol. The first-order chi connectivity index (χ1) is 10.2. The fourth-order valence-electron chi connectivity index (χ4n) is 2.52. The minimum atomic E-state index is -0.0326. The Morgan fingerprint density at radius 3 is 2.38 bits per heavy atom. The first kappa shape index (κ1) is 13.5. The van der Waals surface area contributed by atoms with Gasteiger partial charge in [-0.05, 0) is 26.0 Å². The van der Waals surface area contributed by atoms with Crippen LogP contribution in [0.5, 0.6) is 0 Å². The molecule has 3 aromatic rings. The second kappa shape index (κ2) is 5.48. The van der Waals surface area contributed by atoms with Crippen LogP contribution in [0.2, 0.25) is 0 Å². The Bertz CT molecular complexity index is 809. The van der Waals surface area contributed by atoms with E-state index in [-0.39, 0.29) is 5.91 Å². The fourth-order valence-corrected chi connectivity index (χ4v) is 2.52. The van der Waals surface area contributed by atoms with E-state index in [1.807, 2.05) is 44.2 Å². The van der Waals surface area contributed by atoms with Crippen LogP contribution in [0.3, 0.4) is 0 Å². The van der Waals surface area contributed by atoms with Crippen LogP contribution in [-0.4, -0.2) is 33.9 Å². The van der Waals surface area contributed by atoms with E-state index in [0.29, 0.717) is 18.8 Å². The molecular weight excluding hydrogens is 262 g/mol. The van der Waals surface area contributed by atoms with Crippen LogP contribution in [-0.2, 0) is 0 Å². The third-order valence-electron chi connectivity index (χ3n) is 3.70. The summed E-state index contributed by atoms with van der Waals surface area (Å²) in [6, 6.07) is 11.7. The van der Waals surface area contributed by atoms with Gasteiger partial charge in [0, 0.05) is 30.1 Å². The van der Waals surface area contributed by atoms with Gasteiger partial charge in [0.15, 0.2) is 0 Å². The molecule has 2 aromatic heterocycles. The summed E-state index contributed by atoms with van der Waals surface area (Å²) in [4.78, 5) is 23.2. The molecule has 0 saturated carbocycles. The lowest BCUT2D eigenvalue weighted by Gasteiger charge is -2.18. The van der Waals surface area contributed by atoms with Crippen molar-refractivity contribution >= 4 is 27.7 Å². The number of pyridine rings is 2. The van der Waals surface area contributed by atoms with Crippen molar-refractivity contribution in [2.75, 3.05) is 13.1 Å². The highest BCUT2D eigenvalue weighted by Crippen LogP contribution is 2.22. The Labute approximate surface area is 123 Å². The predicted molar refractivity (Wildman–Crippen MR) is 84.3 cm³/mol. The Hall–Kier alpha value is -2.49. The number of benzene rings is 1. The number of amides is 1. The maximum atomic E-state index is 12.4. The fraction of sp³-hybridized carbons (Fsp3) is 0.235. The normalized spacial score (nSPS) is 11.0. The van der Waals surface area contributed by atoms with Gasteiger partial charge in [-0.1, -0.05) is 24.3 Å². The third-order valence-corrected chi connectivity index (χ3v) is 3.70. The highest BCUT2D eigenvalue weighted by atomic mass is 16.2. The Kier molecular flexibility index (Phi) is 3.52. The molecule has 0 atom stereocenters. The minimum Gasteiger partial charge on any atom is -0.338 e. The molecular formula is C17H17N3O. The number of fused-ring (bicyclic) bond motifs is 3. The van der Waals surface area contributed by atoms with E-state index < -0.39 is 0 Å². The summed E-state index contributed by atoms with van der Waals surface area (Å²) in [6.07, 6.45) is 1.75. The van der Waals surface area contributed by atoms with Gasteiger partial charge in [0.25, 0.3) is 5.91 Å². The molecule has 1 aromatic carbocycles. The van der Waals surface area contributed by atoms with E-state index in [2.05, 4.69) is 9.97 Å². The number of nitrogens with zero attached hydrogens (tertiary/aromatic N) is 3. The molecule has 0 aliphatic carbocycles. The van der Waals surface area contributed by atoms with Crippen LogP contribution in [0.4, 0.5) is 0 Å². The van der Waals surface area contributed by atoms with Gasteiger partial charge in [0.1, 0.15) is 5.69 Å². The van der Waals surface area contributed by atoms with E-state index >= 15 is 0 Å². The Morgan fingerprint density at radius 2 is 1.67 bits per heavy atom. The zero-order chi connectivity index (χ0) is 14.8. The van der Waals surface area contributed by atoms with Gasteiger partial charge in [-0.25, -0.2) is 4.98 Å². The van der Waals surface area contributed by atoms with Crippen LogP contribution >= 0.6 is 0 Å². The molecule has 1 amide bonds. The maximum Gasteiger partial charge on any atom is 0.272 e. The number of hydrogen-bond donors (Lipinski definition) is 0. The summed E-state index contributed by atoms with van der Waals surface area (Å²) in [5.41, 5.74) is 2.10. The average molecular weight is 279 g/mol. The van der Waals surface area contributed by atoms with Gasteiger partial charge >= 0.3 is 0 Å². The smallest absolute Gasteiger partial charge is 0.272 e. The molecule has 0 bridgehead atoms. The van der Waals surface area contributed by atoms with Crippen molar-refractivity contribution in [3.05, 3.63) is 48.3 Å². The number of carbonyl (C=O) groups excluding carboxylic acids is 1. The molecule has 3 rings (SSSR count). The summed E-state index contributed by atoms with van der Waals surface area (Å²) in [6.45, 7) is 5.31. The van der Waals surface area contributed by atoms with Gasteiger partial charge in [0.05, 0.1) is 11.0 Å². The van der Waals surface area contributed by atoms with Gasteiger partial charge in [0.2, 0.25) is 0 Å². The second-order valence-electron chi connectivity index (χ2n) is 4.89. The first-order valence-electron chi connectivity index (χ1n) is 7.18. The molecule has 2 heterocycles. The molecule has 0 aliphatic rings. The molecule has 0 fully saturated rings. The van der Waals surface area contributed by atoms with E-state index in [4.69, 9.17) is 0 Å². The summed E-state index contributed by atoms with van der Waals surface area (Å²) < 4.78 is 0. The lowest BCUT2D eigenvalue weighted by atomic mass is 10.1. The zero-order valence-electron chi connectivity index (χ0n) is 12.2. The molecule has 0 spiro atoms. The molecule has 21 heavy (non-hydrogen) atoms. The maximum absolute atomic E-state index is 12.4. The molecule has 4 nitrogen and oxygen atoms in total. The molecule has 4 heteroatoms. The largest absolute Gasteiger partial charge is 0.338 e. The van der Waals surface area contributed by atoms with Crippen molar-refractivity contribution in [1.29, 1.82) is 0 Å². The predicted octanol–water partition coefficient (Wildman–Crippen LogP) is 3.27. The van der Waals surface area contributed by atoms with E-state index in [0.717, 1.165) is 21.8 Å². The van der Waals surface area contributed by atoms with Gasteiger partial charge < -0.3 is 4.90 Å². The van der Waals surface area contributed by atoms with Crippen LogP contribution in [0.1, 0.15) is 24.3 Å². The molecule has 0 unspecified atom stereocenters. The van der Waals surface area contributed by atoms with Crippen LogP contribution in [0.25, 0.3) is 21.8 Å². The van der Waals surface area contributed by atoms with Gasteiger partial charge in [-0.2, -0.15) is 0 Å². The number of carbonyl (C=O) groups is 1. The van der Waals surface area contributed by atoms with Crippen LogP contribution in [0.15, 0.2) is 42.6 Å². The standard InChI is InChI=1S/C17H17N3O/c1-3-20(4-2)17(21)14-10-9-13-8-7-12-6-5-11-18-15(12)16(13)19-14/h5-11H,3-4H2,1-2H3. The van der Waals surface area contributed by atoms with Crippen LogP contribution < -0.4 is 0 Å². The Balaban J connectivity index is 2.18. The van der Waals surface area contributed by atoms with Gasteiger partial charge in [-0.3, -0.25) is 9.78 Å². The van der Waals surface area contributed by atoms with Crippen molar-refractivity contribution in [3.63, 3.8) is 0 Å². The molecule has 0 saturated heterocycles. The summed E-state index contributed by atoms with van der Waals surface area (Å²) in [5.74, 6) is -0.0326. The number of hydrogen-bond acceptors (Lipinski definition) is 3. The molecule has 106 valence electrons. The Morgan fingerprint density at radius 1 is 1.00 bits per heavy atom. The number of aromatic nitrogens is 2. The highest BCUT2D eigenvalue weighted by molar-refractivity contribution is 6.04. The number of rotatable bonds is 3. The van der Waals surface area contributed by atoms with Crippen molar-refractivity contribution in [3.8, 4) is 0 Å². The topological polar surface area (TPSA) is 46.1 Å². The minimum absolute atomic E-state index is 0.0326. The van der Waals surface area contributed by atoms with Crippen molar-refractivity contribution < 1.29 is 4.79 Å². The van der Waals surface area contributed by atoms with Crippen LogP contribution in [0, 0.1) is 0 Å². The lowest BCUT2D eigenvalue weighted by molar-refractivity contribution is 0.0767. The van der Waals surface area contributed by atoms with E-state index in [1.165, 1.54) is 0 Å². The van der Waals surface area contributed by atoms with E-state index in [9.17, 15) is 4.79 Å². The average Bonchev–Trinajstić information content (AvgIpc) is 2.55. The summed E-state index contributed by atoms with van der Waals surface area (Å²) >= 11 is 0. The lowest BCUT2D eigenvalue weighted by Crippen LogP contribution is -2.31. The zero-order valence-corrected chi connectivity index (χ0v) is 12.2. The van der Waals surface area contributed by atoms with Gasteiger partial charge in [-0.15, -0.1) is 0 Å². The second-order valence-corrected chi connectivity index (χ2v) is 4.89. The summed E-state index contributed by atoms with van der Waals surface area (Å²) in [5, 5.41) is 2.03. The highest BCUT2D eigenvalue weighted by Gasteiger charge is 2.15. The van der Waals surface area contributed by atoms with Crippen molar-refractivity contribution in [2.45, 2.75) is 13.8 Å². The molecule has 0 radical (unpaired) electrons. The summed E-state index contributed by atoms with van der Waals surface area (Å²) in [7, 11) is 0. The quantitative estimate of drug-likeness (QED) is 0.691. The molecule has 0 aliphatic heterocycles. The SMILES string of the molecule is CCN(CC)C(=O)c1ccc2ccc3cccnc3c2n1. The van der Waals surface area contributed by atoms with Crippen molar-refractivity contribution in [2.24, 2.45) is 0 Å². The van der Waals surface area contributed by atoms with E-state index in [1.54, 1.807) is 17.2 Å².